The Morgan fingerprint density at radius 3 is 2.44 bits per heavy atom. The molecule has 0 aliphatic carbocycles. The number of carbonyl (C=O) groups excluding carboxylic acids is 1. The van der Waals surface area contributed by atoms with E-state index in [-0.39, 0.29) is 17.1 Å². The third kappa shape index (κ3) is 5.15. The van der Waals surface area contributed by atoms with E-state index >= 15 is 0 Å². The number of hydrazone groups is 1. The summed E-state index contributed by atoms with van der Waals surface area (Å²) in [7, 11) is 0. The van der Waals surface area contributed by atoms with E-state index in [0.29, 0.717) is 12.4 Å². The molecule has 3 aromatic carbocycles. The van der Waals surface area contributed by atoms with Gasteiger partial charge in [-0.2, -0.15) is 5.10 Å². The Labute approximate surface area is 155 Å². The molecular weight excluding hydrogens is 347 g/mol. The number of phenols is 1. The summed E-state index contributed by atoms with van der Waals surface area (Å²) in [6, 6.07) is 19.5. The van der Waals surface area contributed by atoms with Crippen LogP contribution in [-0.2, 0) is 6.61 Å². The zero-order valence-corrected chi connectivity index (χ0v) is 14.3. The molecule has 0 aliphatic heterocycles. The van der Waals surface area contributed by atoms with Gasteiger partial charge in [-0.1, -0.05) is 24.3 Å². The molecule has 0 saturated carbocycles. The van der Waals surface area contributed by atoms with Crippen molar-refractivity contribution in [2.24, 2.45) is 5.10 Å². The zero-order chi connectivity index (χ0) is 19.1. The van der Waals surface area contributed by atoms with Crippen molar-refractivity contribution in [3.8, 4) is 11.5 Å². The number of benzene rings is 3. The first kappa shape index (κ1) is 18.1. The Bertz CT molecular complexity index is 938. The maximum Gasteiger partial charge on any atom is 0.275 e. The third-order valence-electron chi connectivity index (χ3n) is 3.73. The highest BCUT2D eigenvalue weighted by Crippen LogP contribution is 2.15. The second-order valence-corrected chi connectivity index (χ2v) is 5.70. The summed E-state index contributed by atoms with van der Waals surface area (Å²) in [6.45, 7) is 0.338. The van der Waals surface area contributed by atoms with Crippen molar-refractivity contribution in [2.75, 3.05) is 0 Å². The zero-order valence-electron chi connectivity index (χ0n) is 14.3. The van der Waals surface area contributed by atoms with E-state index in [1.807, 2.05) is 0 Å². The van der Waals surface area contributed by atoms with Crippen molar-refractivity contribution in [2.45, 2.75) is 6.61 Å². The van der Waals surface area contributed by atoms with Gasteiger partial charge in [0.25, 0.3) is 5.91 Å². The van der Waals surface area contributed by atoms with Gasteiger partial charge in [-0.25, -0.2) is 9.82 Å². The molecule has 0 atom stereocenters. The maximum atomic E-state index is 12.9. The van der Waals surface area contributed by atoms with Crippen LogP contribution in [0.4, 0.5) is 4.39 Å². The monoisotopic (exact) mass is 364 g/mol. The number of hydrogen-bond acceptors (Lipinski definition) is 4. The van der Waals surface area contributed by atoms with Gasteiger partial charge in [-0.3, -0.25) is 4.79 Å². The molecule has 0 radical (unpaired) electrons. The lowest BCUT2D eigenvalue weighted by atomic mass is 10.2. The molecule has 6 heteroatoms. The second-order valence-electron chi connectivity index (χ2n) is 5.70. The number of para-hydroxylation sites is 1. The molecule has 3 aromatic rings. The maximum absolute atomic E-state index is 12.9. The van der Waals surface area contributed by atoms with E-state index in [1.165, 1.54) is 30.5 Å². The minimum absolute atomic E-state index is 0.104. The summed E-state index contributed by atoms with van der Waals surface area (Å²) in [6.07, 6.45) is 1.49. The average molecular weight is 364 g/mol. The van der Waals surface area contributed by atoms with Gasteiger partial charge in [0.2, 0.25) is 0 Å². The number of amides is 1. The molecule has 2 N–H and O–H groups in total. The number of halogens is 1. The molecule has 27 heavy (non-hydrogen) atoms. The van der Waals surface area contributed by atoms with Crippen molar-refractivity contribution < 1.29 is 19.0 Å². The number of nitrogens with one attached hydrogen (secondary N) is 1. The van der Waals surface area contributed by atoms with Crippen LogP contribution in [-0.4, -0.2) is 17.2 Å². The van der Waals surface area contributed by atoms with Crippen LogP contribution in [0.25, 0.3) is 0 Å². The van der Waals surface area contributed by atoms with Crippen LogP contribution in [0.1, 0.15) is 21.5 Å². The largest absolute Gasteiger partial charge is 0.507 e. The summed E-state index contributed by atoms with van der Waals surface area (Å²) in [5.74, 6) is -0.219. The Hall–Kier alpha value is -3.67. The van der Waals surface area contributed by atoms with Gasteiger partial charge in [0.1, 0.15) is 23.9 Å². The molecule has 5 nitrogen and oxygen atoms in total. The van der Waals surface area contributed by atoms with Crippen LogP contribution in [0.3, 0.4) is 0 Å². The molecule has 0 spiro atoms. The molecule has 136 valence electrons. The number of rotatable bonds is 6. The Morgan fingerprint density at radius 2 is 1.74 bits per heavy atom. The van der Waals surface area contributed by atoms with Crippen molar-refractivity contribution >= 4 is 12.1 Å². The molecule has 0 aliphatic rings. The van der Waals surface area contributed by atoms with Crippen LogP contribution >= 0.6 is 0 Å². The van der Waals surface area contributed by atoms with Gasteiger partial charge in [0.05, 0.1) is 11.8 Å². The lowest BCUT2D eigenvalue weighted by Gasteiger charge is -2.06. The normalized spacial score (nSPS) is 10.7. The molecule has 0 unspecified atom stereocenters. The highest BCUT2D eigenvalue weighted by Gasteiger charge is 2.08. The average Bonchev–Trinajstić information content (AvgIpc) is 2.69. The Balaban J connectivity index is 1.52. The second kappa shape index (κ2) is 8.62. The molecular formula is C21H17FN2O3. The van der Waals surface area contributed by atoms with Crippen LogP contribution < -0.4 is 10.2 Å². The highest BCUT2D eigenvalue weighted by atomic mass is 19.1. The molecule has 0 bridgehead atoms. The SMILES string of the molecule is O=C(N/N=C/c1ccc(OCc2ccc(F)cc2)cc1)c1ccccc1O. The van der Waals surface area contributed by atoms with Crippen LogP contribution in [0.15, 0.2) is 77.9 Å². The van der Waals surface area contributed by atoms with Crippen molar-refractivity contribution in [1.29, 1.82) is 0 Å². The molecule has 1 amide bonds. The summed E-state index contributed by atoms with van der Waals surface area (Å²) in [4.78, 5) is 11.9. The van der Waals surface area contributed by atoms with Crippen molar-refractivity contribution in [3.63, 3.8) is 0 Å². The number of nitrogens with zero attached hydrogens (tertiary/aromatic N) is 1. The van der Waals surface area contributed by atoms with Gasteiger partial charge in [0.15, 0.2) is 0 Å². The first-order chi connectivity index (χ1) is 13.1. The van der Waals surface area contributed by atoms with Crippen molar-refractivity contribution in [1.82, 2.24) is 5.43 Å². The van der Waals surface area contributed by atoms with E-state index in [9.17, 15) is 14.3 Å². The number of hydrogen-bond donors (Lipinski definition) is 2. The smallest absolute Gasteiger partial charge is 0.275 e. The Morgan fingerprint density at radius 1 is 1.04 bits per heavy atom. The topological polar surface area (TPSA) is 70.9 Å². The molecule has 0 aromatic heterocycles. The van der Waals surface area contributed by atoms with Gasteiger partial charge in [-0.05, 0) is 59.7 Å². The van der Waals surface area contributed by atoms with E-state index in [0.717, 1.165) is 11.1 Å². The van der Waals surface area contributed by atoms with E-state index < -0.39 is 5.91 Å². The molecule has 0 fully saturated rings. The summed E-state index contributed by atoms with van der Waals surface area (Å²) < 4.78 is 18.5. The fourth-order valence-corrected chi connectivity index (χ4v) is 2.29. The van der Waals surface area contributed by atoms with Crippen LogP contribution in [0.2, 0.25) is 0 Å². The van der Waals surface area contributed by atoms with Gasteiger partial charge in [-0.15, -0.1) is 0 Å². The van der Waals surface area contributed by atoms with E-state index in [4.69, 9.17) is 4.74 Å². The van der Waals surface area contributed by atoms with Crippen molar-refractivity contribution in [3.05, 3.63) is 95.3 Å². The minimum Gasteiger partial charge on any atom is -0.507 e. The standard InChI is InChI=1S/C21H17FN2O3/c22-17-9-5-16(6-10-17)14-27-18-11-7-15(8-12-18)13-23-24-21(26)19-3-1-2-4-20(19)25/h1-13,25H,14H2,(H,24,26)/b23-13+. The van der Waals surface area contributed by atoms with Gasteiger partial charge in [0, 0.05) is 0 Å². The number of aromatic hydroxyl groups is 1. The predicted molar refractivity (Wildman–Crippen MR) is 100 cm³/mol. The molecule has 3 rings (SSSR count). The van der Waals surface area contributed by atoms with Gasteiger partial charge >= 0.3 is 0 Å². The minimum atomic E-state index is -0.497. The first-order valence-electron chi connectivity index (χ1n) is 8.20. The lowest BCUT2D eigenvalue weighted by molar-refractivity contribution is 0.0952. The summed E-state index contributed by atoms with van der Waals surface area (Å²) in [5, 5.41) is 13.5. The van der Waals surface area contributed by atoms with E-state index in [1.54, 1.807) is 48.5 Å². The van der Waals surface area contributed by atoms with Crippen LogP contribution in [0.5, 0.6) is 11.5 Å². The van der Waals surface area contributed by atoms with Gasteiger partial charge < -0.3 is 9.84 Å². The quantitative estimate of drug-likeness (QED) is 0.515. The fourth-order valence-electron chi connectivity index (χ4n) is 2.29. The number of carbonyl (C=O) groups is 1. The first-order valence-corrected chi connectivity index (χ1v) is 8.20. The molecule has 0 saturated heterocycles. The van der Waals surface area contributed by atoms with E-state index in [2.05, 4.69) is 10.5 Å². The Kier molecular flexibility index (Phi) is 5.79. The number of phenolic OH excluding ortho intramolecular Hbond substituents is 1. The number of ether oxygens (including phenoxy) is 1. The summed E-state index contributed by atoms with van der Waals surface area (Å²) in [5.41, 5.74) is 4.15. The third-order valence-corrected chi connectivity index (χ3v) is 3.73. The fraction of sp³-hybridized carbons (Fsp3) is 0.0476. The predicted octanol–water partition coefficient (Wildman–Crippen LogP) is 3.87. The summed E-state index contributed by atoms with van der Waals surface area (Å²) >= 11 is 0. The highest BCUT2D eigenvalue weighted by molar-refractivity contribution is 5.97. The lowest BCUT2D eigenvalue weighted by Crippen LogP contribution is -2.17. The van der Waals surface area contributed by atoms with Crippen LogP contribution in [0, 0.1) is 5.82 Å². The molecule has 0 heterocycles.